The SMILES string of the molecule is Cc1cccc2c(N=O)c(O)n(Cc3ccccc3OC(C)C)c12. The topological polar surface area (TPSA) is 63.8 Å². The maximum Gasteiger partial charge on any atom is 0.222 e. The second-order valence-corrected chi connectivity index (χ2v) is 6.10. The number of benzene rings is 2. The summed E-state index contributed by atoms with van der Waals surface area (Å²) in [5.74, 6) is 0.650. The van der Waals surface area contributed by atoms with Crippen LogP contribution in [0.2, 0.25) is 0 Å². The number of nitrogens with zero attached hydrogens (tertiary/aromatic N) is 2. The molecule has 1 N–H and O–H groups in total. The summed E-state index contributed by atoms with van der Waals surface area (Å²) in [6.45, 7) is 6.28. The summed E-state index contributed by atoms with van der Waals surface area (Å²) in [6, 6.07) is 13.3. The Hall–Kier alpha value is -2.82. The van der Waals surface area contributed by atoms with Crippen molar-refractivity contribution < 1.29 is 9.84 Å². The molecule has 0 aliphatic rings. The Bertz CT molecular complexity index is 897. The molecule has 1 aromatic heterocycles. The van der Waals surface area contributed by atoms with E-state index in [1.165, 1.54) is 0 Å². The summed E-state index contributed by atoms with van der Waals surface area (Å²) in [5.41, 5.74) is 2.79. The number of hydrogen-bond acceptors (Lipinski definition) is 4. The molecule has 5 heteroatoms. The lowest BCUT2D eigenvalue weighted by Gasteiger charge is -2.16. The van der Waals surface area contributed by atoms with Crippen LogP contribution in [0.1, 0.15) is 25.0 Å². The van der Waals surface area contributed by atoms with E-state index >= 15 is 0 Å². The van der Waals surface area contributed by atoms with E-state index in [4.69, 9.17) is 4.74 Å². The van der Waals surface area contributed by atoms with Crippen LogP contribution in [-0.2, 0) is 6.54 Å². The molecule has 0 spiro atoms. The van der Waals surface area contributed by atoms with E-state index in [1.54, 1.807) is 10.6 Å². The van der Waals surface area contributed by atoms with Gasteiger partial charge < -0.3 is 14.4 Å². The molecule has 3 rings (SSSR count). The number of aryl methyl sites for hydroxylation is 1. The monoisotopic (exact) mass is 324 g/mol. The fraction of sp³-hybridized carbons (Fsp3) is 0.263. The highest BCUT2D eigenvalue weighted by Crippen LogP contribution is 2.40. The van der Waals surface area contributed by atoms with Gasteiger partial charge in [-0.25, -0.2) is 0 Å². The van der Waals surface area contributed by atoms with Crippen molar-refractivity contribution in [1.82, 2.24) is 4.57 Å². The average molecular weight is 324 g/mol. The number of para-hydroxylation sites is 2. The largest absolute Gasteiger partial charge is 0.493 e. The minimum atomic E-state index is -0.117. The molecule has 0 bridgehead atoms. The van der Waals surface area contributed by atoms with Crippen LogP contribution in [0.5, 0.6) is 11.6 Å². The van der Waals surface area contributed by atoms with E-state index in [-0.39, 0.29) is 17.7 Å². The van der Waals surface area contributed by atoms with Crippen molar-refractivity contribution in [2.45, 2.75) is 33.4 Å². The van der Waals surface area contributed by atoms with Crippen molar-refractivity contribution in [2.75, 3.05) is 0 Å². The summed E-state index contributed by atoms with van der Waals surface area (Å²) in [4.78, 5) is 11.2. The van der Waals surface area contributed by atoms with Gasteiger partial charge in [-0.3, -0.25) is 0 Å². The van der Waals surface area contributed by atoms with Gasteiger partial charge in [-0.15, -0.1) is 4.91 Å². The summed E-state index contributed by atoms with van der Waals surface area (Å²) >= 11 is 0. The van der Waals surface area contributed by atoms with E-state index in [9.17, 15) is 10.0 Å². The molecular weight excluding hydrogens is 304 g/mol. The van der Waals surface area contributed by atoms with E-state index < -0.39 is 0 Å². The molecule has 0 radical (unpaired) electrons. The predicted octanol–water partition coefficient (Wildman–Crippen LogP) is 4.89. The Morgan fingerprint density at radius 1 is 1.17 bits per heavy atom. The molecule has 0 atom stereocenters. The van der Waals surface area contributed by atoms with Gasteiger partial charge >= 0.3 is 0 Å². The third-order valence-electron chi connectivity index (χ3n) is 3.99. The van der Waals surface area contributed by atoms with Crippen LogP contribution in [0.15, 0.2) is 47.6 Å². The Morgan fingerprint density at radius 3 is 2.62 bits per heavy atom. The Labute approximate surface area is 140 Å². The number of aromatic nitrogens is 1. The van der Waals surface area contributed by atoms with Crippen LogP contribution in [0.25, 0.3) is 10.9 Å². The van der Waals surface area contributed by atoms with E-state index in [2.05, 4.69) is 5.18 Å². The van der Waals surface area contributed by atoms with Crippen LogP contribution in [0, 0.1) is 11.8 Å². The minimum absolute atomic E-state index is 0.0510. The van der Waals surface area contributed by atoms with Gasteiger partial charge in [-0.1, -0.05) is 36.4 Å². The number of rotatable bonds is 5. The zero-order chi connectivity index (χ0) is 17.3. The Balaban J connectivity index is 2.15. The molecule has 0 fully saturated rings. The Kier molecular flexibility index (Phi) is 4.25. The highest BCUT2D eigenvalue weighted by molar-refractivity contribution is 5.96. The molecule has 0 saturated carbocycles. The average Bonchev–Trinajstić information content (AvgIpc) is 2.81. The first kappa shape index (κ1) is 16.1. The van der Waals surface area contributed by atoms with E-state index in [0.29, 0.717) is 11.9 Å². The summed E-state index contributed by atoms with van der Waals surface area (Å²) < 4.78 is 7.56. The zero-order valence-corrected chi connectivity index (χ0v) is 14.0. The summed E-state index contributed by atoms with van der Waals surface area (Å²) in [5, 5.41) is 14.2. The zero-order valence-electron chi connectivity index (χ0n) is 14.0. The smallest absolute Gasteiger partial charge is 0.222 e. The summed E-state index contributed by atoms with van der Waals surface area (Å²) in [6.07, 6.45) is 0.0510. The molecule has 24 heavy (non-hydrogen) atoms. The lowest BCUT2D eigenvalue weighted by atomic mass is 10.1. The minimum Gasteiger partial charge on any atom is -0.493 e. The molecular formula is C19H20N2O3. The Morgan fingerprint density at radius 2 is 1.92 bits per heavy atom. The van der Waals surface area contributed by atoms with Crippen molar-refractivity contribution in [3.05, 3.63) is 58.5 Å². The number of hydrogen-bond donors (Lipinski definition) is 1. The standard InChI is InChI=1S/C19H20N2O3/c1-12(2)24-16-10-5-4-8-14(16)11-21-18-13(3)7-6-9-15(18)17(20-23)19(21)22/h4-10,12,22H,11H2,1-3H3. The van der Waals surface area contributed by atoms with Gasteiger partial charge in [0, 0.05) is 10.9 Å². The molecule has 0 aliphatic heterocycles. The highest BCUT2D eigenvalue weighted by atomic mass is 16.5. The van der Waals surface area contributed by atoms with Crippen LogP contribution in [0.4, 0.5) is 5.69 Å². The first-order chi connectivity index (χ1) is 11.5. The predicted molar refractivity (Wildman–Crippen MR) is 95.1 cm³/mol. The highest BCUT2D eigenvalue weighted by Gasteiger charge is 2.20. The lowest BCUT2D eigenvalue weighted by molar-refractivity contribution is 0.239. The molecule has 2 aromatic carbocycles. The third-order valence-corrected chi connectivity index (χ3v) is 3.99. The van der Waals surface area contributed by atoms with Gasteiger partial charge in [0.05, 0.1) is 18.2 Å². The number of fused-ring (bicyclic) bond motifs is 1. The molecule has 3 aromatic rings. The van der Waals surface area contributed by atoms with Crippen molar-refractivity contribution in [2.24, 2.45) is 5.18 Å². The fourth-order valence-corrected chi connectivity index (χ4v) is 2.98. The van der Waals surface area contributed by atoms with Gasteiger partial charge in [-0.2, -0.15) is 0 Å². The van der Waals surface area contributed by atoms with Crippen molar-refractivity contribution in [3.8, 4) is 11.6 Å². The molecule has 0 amide bonds. The normalized spacial score (nSPS) is 11.2. The van der Waals surface area contributed by atoms with Gasteiger partial charge in [-0.05, 0) is 37.6 Å². The van der Waals surface area contributed by atoms with Crippen molar-refractivity contribution >= 4 is 16.6 Å². The maximum atomic E-state index is 11.2. The van der Waals surface area contributed by atoms with Crippen LogP contribution >= 0.6 is 0 Å². The van der Waals surface area contributed by atoms with E-state index in [1.807, 2.05) is 57.2 Å². The molecule has 0 saturated heterocycles. The van der Waals surface area contributed by atoms with Gasteiger partial charge in [0.2, 0.25) is 5.88 Å². The van der Waals surface area contributed by atoms with Crippen LogP contribution in [-0.4, -0.2) is 15.8 Å². The van der Waals surface area contributed by atoms with Gasteiger partial charge in [0.1, 0.15) is 5.75 Å². The second kappa shape index (κ2) is 6.35. The molecule has 124 valence electrons. The number of aromatic hydroxyl groups is 1. The number of ether oxygens (including phenoxy) is 1. The quantitative estimate of drug-likeness (QED) is 0.680. The van der Waals surface area contributed by atoms with Crippen LogP contribution < -0.4 is 4.74 Å². The molecule has 0 aliphatic carbocycles. The molecule has 0 unspecified atom stereocenters. The molecule has 1 heterocycles. The van der Waals surface area contributed by atoms with E-state index in [0.717, 1.165) is 22.4 Å². The lowest BCUT2D eigenvalue weighted by Crippen LogP contribution is -2.09. The first-order valence-corrected chi connectivity index (χ1v) is 7.91. The maximum absolute atomic E-state index is 11.2. The van der Waals surface area contributed by atoms with Crippen molar-refractivity contribution in [1.29, 1.82) is 0 Å². The number of nitroso groups, excluding NO2 is 1. The second-order valence-electron chi connectivity index (χ2n) is 6.10. The molecule has 5 nitrogen and oxygen atoms in total. The summed E-state index contributed by atoms with van der Waals surface area (Å²) in [7, 11) is 0. The first-order valence-electron chi connectivity index (χ1n) is 7.91. The fourth-order valence-electron chi connectivity index (χ4n) is 2.98. The van der Waals surface area contributed by atoms with Crippen LogP contribution in [0.3, 0.4) is 0 Å². The third kappa shape index (κ3) is 2.73. The van der Waals surface area contributed by atoms with Gasteiger partial charge in [0.15, 0.2) is 5.69 Å². The van der Waals surface area contributed by atoms with Crippen molar-refractivity contribution in [3.63, 3.8) is 0 Å². The van der Waals surface area contributed by atoms with Gasteiger partial charge in [0.25, 0.3) is 0 Å².